The molecule has 1 aliphatic carbocycles. The first-order valence-electron chi connectivity index (χ1n) is 16.4. The molecule has 10 heteroatoms. The molecule has 7 rings (SSSR count). The second kappa shape index (κ2) is 13.2. The number of likely N-dealkylation sites (tertiary alicyclic amines) is 2. The number of carbonyl (C=O) groups is 1. The number of nitriles is 1. The van der Waals surface area contributed by atoms with E-state index in [-0.39, 0.29) is 12.0 Å². The van der Waals surface area contributed by atoms with Crippen molar-refractivity contribution in [1.29, 1.82) is 5.26 Å². The van der Waals surface area contributed by atoms with Gasteiger partial charge < -0.3 is 14.6 Å². The van der Waals surface area contributed by atoms with Gasteiger partial charge >= 0.3 is 5.97 Å². The normalized spacial score (nSPS) is 26.2. The zero-order valence-electron chi connectivity index (χ0n) is 26.8. The molecule has 8 nitrogen and oxygen atoms in total. The maximum Gasteiger partial charge on any atom is 0.307 e. The molecule has 3 aliphatic rings. The van der Waals surface area contributed by atoms with Crippen LogP contribution in [-0.2, 0) is 22.6 Å². The number of benzene rings is 1. The summed E-state index contributed by atoms with van der Waals surface area (Å²) in [7, 11) is 0. The first-order valence-corrected chi connectivity index (χ1v) is 17.5. The number of halogens is 1. The number of aromatic nitrogens is 2. The fourth-order valence-corrected chi connectivity index (χ4v) is 9.24. The lowest BCUT2D eigenvalue weighted by molar-refractivity contribution is -0.141. The average Bonchev–Trinajstić information content (AvgIpc) is 3.81. The molecular formula is C38H38ClN5O3S. The van der Waals surface area contributed by atoms with E-state index in [0.717, 1.165) is 57.9 Å². The van der Waals surface area contributed by atoms with Crippen molar-refractivity contribution in [2.24, 2.45) is 5.92 Å². The summed E-state index contributed by atoms with van der Waals surface area (Å²) in [4.78, 5) is 19.9. The van der Waals surface area contributed by atoms with Crippen LogP contribution in [0.1, 0.15) is 47.7 Å². The van der Waals surface area contributed by atoms with Gasteiger partial charge in [0.05, 0.1) is 32.2 Å². The molecule has 0 saturated carbocycles. The number of nitrogens with zero attached hydrogens (tertiary/aromatic N) is 5. The molecule has 2 fully saturated rings. The second-order valence-electron chi connectivity index (χ2n) is 13.2. The third-order valence-corrected chi connectivity index (χ3v) is 12.2. The molecule has 0 amide bonds. The molecule has 0 spiro atoms. The Labute approximate surface area is 290 Å². The van der Waals surface area contributed by atoms with Crippen molar-refractivity contribution < 1.29 is 15.0 Å². The number of β-amino-alcohol motifs (C(OH)–C–C–N with tert-alkyl or cyclic N) is 1. The van der Waals surface area contributed by atoms with Gasteiger partial charge in [-0.15, -0.1) is 11.6 Å². The van der Waals surface area contributed by atoms with Crippen molar-refractivity contribution in [2.45, 2.75) is 53.6 Å². The summed E-state index contributed by atoms with van der Waals surface area (Å²) in [5, 5.41) is 30.6. The Morgan fingerprint density at radius 3 is 2.60 bits per heavy atom. The number of aliphatic hydroxyl groups excluding tert-OH is 1. The number of aliphatic hydroxyl groups is 1. The Balaban J connectivity index is 1.29. The SMILES string of the molecule is CC1(Cl)C(c2ccccc2)=CC=CC1(Sc1cc(CN2CCC(O)C2)ccn1)c1ccc2c(CN3CCC(C(=O)O)C3)cc(C#N)n2c1. The minimum absolute atomic E-state index is 0.282. The van der Waals surface area contributed by atoms with Crippen LogP contribution in [0.4, 0.5) is 0 Å². The molecule has 5 heterocycles. The van der Waals surface area contributed by atoms with Crippen LogP contribution in [0.15, 0.2) is 96.3 Å². The van der Waals surface area contributed by atoms with Gasteiger partial charge in [-0.2, -0.15) is 5.26 Å². The van der Waals surface area contributed by atoms with Crippen LogP contribution in [0.2, 0.25) is 0 Å². The minimum Gasteiger partial charge on any atom is -0.481 e. The number of thioether (sulfide) groups is 1. The summed E-state index contributed by atoms with van der Waals surface area (Å²) >= 11 is 9.43. The van der Waals surface area contributed by atoms with Crippen LogP contribution >= 0.6 is 23.4 Å². The quantitative estimate of drug-likeness (QED) is 0.198. The molecule has 0 bridgehead atoms. The van der Waals surface area contributed by atoms with Gasteiger partial charge in [0.2, 0.25) is 0 Å². The number of hydrogen-bond acceptors (Lipinski definition) is 7. The number of rotatable bonds is 9. The van der Waals surface area contributed by atoms with Crippen molar-refractivity contribution in [3.05, 3.63) is 119 Å². The molecule has 2 N–H and O–H groups in total. The van der Waals surface area contributed by atoms with E-state index >= 15 is 0 Å². The van der Waals surface area contributed by atoms with Crippen LogP contribution in [0.25, 0.3) is 11.1 Å². The minimum atomic E-state index is -0.928. The van der Waals surface area contributed by atoms with Crippen LogP contribution in [0.5, 0.6) is 0 Å². The molecule has 4 unspecified atom stereocenters. The Kier molecular flexibility index (Phi) is 8.96. The van der Waals surface area contributed by atoms with Gasteiger partial charge in [-0.05, 0) is 78.4 Å². The lowest BCUT2D eigenvalue weighted by Gasteiger charge is -2.46. The summed E-state index contributed by atoms with van der Waals surface area (Å²) in [5.41, 5.74) is 6.48. The summed E-state index contributed by atoms with van der Waals surface area (Å²) in [6, 6.07) is 22.8. The smallest absolute Gasteiger partial charge is 0.307 e. The molecule has 3 aromatic heterocycles. The molecule has 1 aromatic carbocycles. The van der Waals surface area contributed by atoms with Gasteiger partial charge in [0.25, 0.3) is 0 Å². The van der Waals surface area contributed by atoms with Crippen LogP contribution < -0.4 is 0 Å². The predicted molar refractivity (Wildman–Crippen MR) is 189 cm³/mol. The highest BCUT2D eigenvalue weighted by Crippen LogP contribution is 2.59. The summed E-state index contributed by atoms with van der Waals surface area (Å²) in [6.07, 6.45) is 11.3. The summed E-state index contributed by atoms with van der Waals surface area (Å²) < 4.78 is 1.13. The third kappa shape index (κ3) is 6.08. The Hall–Kier alpha value is -3.91. The number of carboxylic acid groups (broad SMARTS) is 1. The second-order valence-corrected chi connectivity index (χ2v) is 15.2. The molecule has 4 atom stereocenters. The first-order chi connectivity index (χ1) is 23.2. The van der Waals surface area contributed by atoms with Gasteiger partial charge in [0.1, 0.15) is 11.8 Å². The van der Waals surface area contributed by atoms with Crippen molar-refractivity contribution in [2.75, 3.05) is 26.2 Å². The largest absolute Gasteiger partial charge is 0.481 e. The van der Waals surface area contributed by atoms with Crippen LogP contribution in [0.3, 0.4) is 0 Å². The van der Waals surface area contributed by atoms with Gasteiger partial charge in [0, 0.05) is 45.1 Å². The molecule has 2 aliphatic heterocycles. The van der Waals surface area contributed by atoms with Gasteiger partial charge in [-0.25, -0.2) is 4.98 Å². The number of fused-ring (bicyclic) bond motifs is 1. The summed E-state index contributed by atoms with van der Waals surface area (Å²) in [6.45, 7) is 6.11. The zero-order chi connectivity index (χ0) is 33.5. The molecule has 0 radical (unpaired) electrons. The van der Waals surface area contributed by atoms with Gasteiger partial charge in [-0.1, -0.05) is 66.4 Å². The third-order valence-electron chi connectivity index (χ3n) is 10.0. The number of pyridine rings is 2. The van der Waals surface area contributed by atoms with E-state index in [0.29, 0.717) is 38.3 Å². The number of alkyl halides is 1. The highest BCUT2D eigenvalue weighted by molar-refractivity contribution is 8.00. The Morgan fingerprint density at radius 1 is 1.08 bits per heavy atom. The van der Waals surface area contributed by atoms with Gasteiger partial charge in [0.15, 0.2) is 0 Å². The first kappa shape index (κ1) is 32.6. The van der Waals surface area contributed by atoms with E-state index in [4.69, 9.17) is 16.6 Å². The maximum atomic E-state index is 11.6. The molecule has 48 heavy (non-hydrogen) atoms. The lowest BCUT2D eigenvalue weighted by atomic mass is 9.75. The lowest BCUT2D eigenvalue weighted by Crippen LogP contribution is -2.44. The number of aliphatic carboxylic acids is 1. The maximum absolute atomic E-state index is 11.6. The fraction of sp³-hybridized carbons (Fsp3) is 0.342. The molecular weight excluding hydrogens is 642 g/mol. The van der Waals surface area contributed by atoms with E-state index in [1.165, 1.54) is 0 Å². The van der Waals surface area contributed by atoms with Crippen LogP contribution in [-0.4, -0.2) is 72.5 Å². The van der Waals surface area contributed by atoms with E-state index in [1.807, 2.05) is 47.1 Å². The standard InChI is InChI=1S/C38H38ClN5O3S/c1-37(39)33(27-6-3-2-4-7-27)8-5-14-38(37,48-35-18-26(11-15-41-35)21-42-17-13-32(45)25-42)30-9-10-34-29(19-31(20-40)44(34)24-30)23-43-16-12-28(22-43)36(46)47/h2-11,14-15,18-19,24,28,32,45H,12-13,16-17,21-23,25H2,1H3,(H,46,47). The highest BCUT2D eigenvalue weighted by Gasteiger charge is 2.52. The highest BCUT2D eigenvalue weighted by atomic mass is 35.5. The fourth-order valence-electron chi connectivity index (χ4n) is 7.44. The number of allylic oxidation sites excluding steroid dienone is 3. The van der Waals surface area contributed by atoms with E-state index in [9.17, 15) is 20.3 Å². The zero-order valence-corrected chi connectivity index (χ0v) is 28.4. The Morgan fingerprint density at radius 2 is 1.88 bits per heavy atom. The predicted octanol–water partition coefficient (Wildman–Crippen LogP) is 6.32. The molecule has 4 aromatic rings. The van der Waals surface area contributed by atoms with Crippen molar-refractivity contribution in [1.82, 2.24) is 19.2 Å². The molecule has 2 saturated heterocycles. The Bertz CT molecular complexity index is 1950. The van der Waals surface area contributed by atoms with Crippen molar-refractivity contribution >= 4 is 40.4 Å². The van der Waals surface area contributed by atoms with E-state index in [2.05, 4.69) is 71.4 Å². The van der Waals surface area contributed by atoms with E-state index < -0.39 is 15.6 Å². The average molecular weight is 680 g/mol. The van der Waals surface area contributed by atoms with Crippen LogP contribution in [0, 0.1) is 17.2 Å². The van der Waals surface area contributed by atoms with Crippen molar-refractivity contribution in [3.8, 4) is 6.07 Å². The van der Waals surface area contributed by atoms with Crippen molar-refractivity contribution in [3.63, 3.8) is 0 Å². The van der Waals surface area contributed by atoms with Gasteiger partial charge in [-0.3, -0.25) is 14.6 Å². The number of hydrogen-bond donors (Lipinski definition) is 2. The van der Waals surface area contributed by atoms with E-state index in [1.54, 1.807) is 11.8 Å². The topological polar surface area (TPSA) is 105 Å². The number of carboxylic acids is 1. The summed E-state index contributed by atoms with van der Waals surface area (Å²) in [5.74, 6) is -1.12. The molecule has 246 valence electrons. The monoisotopic (exact) mass is 679 g/mol.